The van der Waals surface area contributed by atoms with Crippen LogP contribution >= 0.6 is 11.3 Å². The minimum absolute atomic E-state index is 0.489. The first-order valence-electron chi connectivity index (χ1n) is 6.54. The molecule has 102 valence electrons. The molecule has 1 fully saturated rings. The molecular formula is C13H22N2O2S. The van der Waals surface area contributed by atoms with Gasteiger partial charge in [0.25, 0.3) is 0 Å². The van der Waals surface area contributed by atoms with Crippen molar-refractivity contribution >= 4 is 11.3 Å². The van der Waals surface area contributed by atoms with Crippen molar-refractivity contribution in [3.05, 3.63) is 16.1 Å². The van der Waals surface area contributed by atoms with E-state index in [4.69, 9.17) is 4.74 Å². The number of aromatic nitrogens is 1. The molecule has 0 aliphatic carbocycles. The zero-order chi connectivity index (χ0) is 13.0. The Morgan fingerprint density at radius 2 is 2.22 bits per heavy atom. The molecule has 0 spiro atoms. The van der Waals surface area contributed by atoms with Crippen molar-refractivity contribution in [2.24, 2.45) is 0 Å². The fourth-order valence-corrected chi connectivity index (χ4v) is 2.91. The Balaban J connectivity index is 1.77. The van der Waals surface area contributed by atoms with E-state index in [-0.39, 0.29) is 0 Å². The number of nitrogens with zero attached hydrogens (tertiary/aromatic N) is 1. The highest BCUT2D eigenvalue weighted by molar-refractivity contribution is 7.11. The molecule has 0 amide bonds. The second kappa shape index (κ2) is 6.10. The minimum Gasteiger partial charge on any atom is -0.388 e. The summed E-state index contributed by atoms with van der Waals surface area (Å²) >= 11 is 1.75. The summed E-state index contributed by atoms with van der Waals surface area (Å²) in [5, 5.41) is 14.8. The van der Waals surface area contributed by atoms with E-state index < -0.39 is 5.60 Å². The molecule has 1 aromatic rings. The first-order chi connectivity index (χ1) is 8.59. The highest BCUT2D eigenvalue weighted by atomic mass is 32.1. The average molecular weight is 270 g/mol. The van der Waals surface area contributed by atoms with Crippen LogP contribution in [-0.4, -0.2) is 35.5 Å². The molecule has 2 N–H and O–H groups in total. The van der Waals surface area contributed by atoms with Gasteiger partial charge in [-0.1, -0.05) is 13.8 Å². The fraction of sp³-hybridized carbons (Fsp3) is 0.769. The predicted molar refractivity (Wildman–Crippen MR) is 72.9 cm³/mol. The normalized spacial score (nSPS) is 19.3. The standard InChI is InChI=1S/C13H22N2O2S/c1-10(2)12-15-8-11(18-12)7-14-9-13(16)3-5-17-6-4-13/h8,10,14,16H,3-7,9H2,1-2H3. The smallest absolute Gasteiger partial charge is 0.0953 e. The van der Waals surface area contributed by atoms with E-state index in [2.05, 4.69) is 24.1 Å². The van der Waals surface area contributed by atoms with E-state index >= 15 is 0 Å². The van der Waals surface area contributed by atoms with Crippen molar-refractivity contribution in [1.29, 1.82) is 0 Å². The summed E-state index contributed by atoms with van der Waals surface area (Å²) in [6, 6.07) is 0. The Kier molecular flexibility index (Phi) is 4.72. The van der Waals surface area contributed by atoms with Crippen molar-refractivity contribution in [3.8, 4) is 0 Å². The van der Waals surface area contributed by atoms with E-state index in [0.29, 0.717) is 25.7 Å². The lowest BCUT2D eigenvalue weighted by Gasteiger charge is -2.32. The number of ether oxygens (including phenoxy) is 1. The molecule has 1 saturated heterocycles. The number of thiazole rings is 1. The van der Waals surface area contributed by atoms with Crippen LogP contribution in [0, 0.1) is 0 Å². The maximum Gasteiger partial charge on any atom is 0.0953 e. The van der Waals surface area contributed by atoms with Gasteiger partial charge in [0.1, 0.15) is 0 Å². The van der Waals surface area contributed by atoms with Crippen LogP contribution in [0.1, 0.15) is 42.5 Å². The predicted octanol–water partition coefficient (Wildman–Crippen LogP) is 1.90. The lowest BCUT2D eigenvalue weighted by molar-refractivity contribution is -0.0616. The van der Waals surface area contributed by atoms with E-state index in [1.54, 1.807) is 11.3 Å². The highest BCUT2D eigenvalue weighted by Gasteiger charge is 2.29. The summed E-state index contributed by atoms with van der Waals surface area (Å²) in [6.07, 6.45) is 3.38. The summed E-state index contributed by atoms with van der Waals surface area (Å²) < 4.78 is 5.26. The van der Waals surface area contributed by atoms with E-state index in [1.807, 2.05) is 6.20 Å². The van der Waals surface area contributed by atoms with Gasteiger partial charge in [-0.2, -0.15) is 0 Å². The molecule has 0 aromatic carbocycles. The lowest BCUT2D eigenvalue weighted by atomic mass is 9.94. The Hall–Kier alpha value is -0.490. The molecule has 0 saturated carbocycles. The van der Waals surface area contributed by atoms with Gasteiger partial charge in [-0.15, -0.1) is 11.3 Å². The van der Waals surface area contributed by atoms with Crippen LogP contribution in [0.15, 0.2) is 6.20 Å². The lowest BCUT2D eigenvalue weighted by Crippen LogP contribution is -2.44. The molecule has 1 aromatic heterocycles. The second-order valence-corrected chi connectivity index (χ2v) is 6.41. The molecule has 2 heterocycles. The number of nitrogens with one attached hydrogen (secondary N) is 1. The van der Waals surface area contributed by atoms with Crippen LogP contribution in [-0.2, 0) is 11.3 Å². The minimum atomic E-state index is -0.593. The van der Waals surface area contributed by atoms with Gasteiger partial charge in [0.2, 0.25) is 0 Å². The molecule has 2 rings (SSSR count). The first-order valence-corrected chi connectivity index (χ1v) is 7.36. The highest BCUT2D eigenvalue weighted by Crippen LogP contribution is 2.22. The summed E-state index contributed by atoms with van der Waals surface area (Å²) in [7, 11) is 0. The van der Waals surface area contributed by atoms with Gasteiger partial charge in [-0.3, -0.25) is 0 Å². The van der Waals surface area contributed by atoms with Gasteiger partial charge in [-0.25, -0.2) is 4.98 Å². The van der Waals surface area contributed by atoms with Gasteiger partial charge in [-0.05, 0) is 0 Å². The number of rotatable bonds is 5. The van der Waals surface area contributed by atoms with Crippen LogP contribution in [0.25, 0.3) is 0 Å². The Labute approximate surface area is 112 Å². The van der Waals surface area contributed by atoms with Crippen LogP contribution in [0.2, 0.25) is 0 Å². The molecule has 18 heavy (non-hydrogen) atoms. The van der Waals surface area contributed by atoms with Crippen molar-refractivity contribution in [2.75, 3.05) is 19.8 Å². The molecule has 0 atom stereocenters. The Morgan fingerprint density at radius 1 is 1.50 bits per heavy atom. The average Bonchev–Trinajstić information content (AvgIpc) is 2.78. The van der Waals surface area contributed by atoms with Gasteiger partial charge >= 0.3 is 0 Å². The Bertz CT molecular complexity index is 373. The number of hydrogen-bond donors (Lipinski definition) is 2. The molecular weight excluding hydrogens is 248 g/mol. The third-order valence-corrected chi connectivity index (χ3v) is 4.54. The van der Waals surface area contributed by atoms with E-state index in [0.717, 1.165) is 19.4 Å². The largest absolute Gasteiger partial charge is 0.388 e. The van der Waals surface area contributed by atoms with Crippen LogP contribution in [0.5, 0.6) is 0 Å². The maximum absolute atomic E-state index is 10.3. The van der Waals surface area contributed by atoms with Gasteiger partial charge in [0, 0.05) is 56.1 Å². The monoisotopic (exact) mass is 270 g/mol. The van der Waals surface area contributed by atoms with Crippen LogP contribution in [0.4, 0.5) is 0 Å². The van der Waals surface area contributed by atoms with Crippen molar-refractivity contribution in [1.82, 2.24) is 10.3 Å². The van der Waals surface area contributed by atoms with Crippen LogP contribution < -0.4 is 5.32 Å². The molecule has 1 aliphatic rings. The summed E-state index contributed by atoms with van der Waals surface area (Å²) in [4.78, 5) is 5.63. The van der Waals surface area contributed by atoms with Gasteiger partial charge < -0.3 is 15.2 Å². The third kappa shape index (κ3) is 3.75. The molecule has 0 radical (unpaired) electrons. The van der Waals surface area contributed by atoms with Crippen molar-refractivity contribution in [2.45, 2.75) is 44.8 Å². The van der Waals surface area contributed by atoms with Crippen molar-refractivity contribution < 1.29 is 9.84 Å². The first kappa shape index (κ1) is 13.9. The zero-order valence-electron chi connectivity index (χ0n) is 11.1. The molecule has 1 aliphatic heterocycles. The number of hydrogen-bond acceptors (Lipinski definition) is 5. The third-order valence-electron chi connectivity index (χ3n) is 3.24. The summed E-state index contributed by atoms with van der Waals surface area (Å²) in [6.45, 7) is 7.05. The van der Waals surface area contributed by atoms with Gasteiger partial charge in [0.05, 0.1) is 10.6 Å². The molecule has 4 nitrogen and oxygen atoms in total. The van der Waals surface area contributed by atoms with Gasteiger partial charge in [0.15, 0.2) is 0 Å². The van der Waals surface area contributed by atoms with Crippen molar-refractivity contribution in [3.63, 3.8) is 0 Å². The maximum atomic E-state index is 10.3. The number of aliphatic hydroxyl groups is 1. The SMILES string of the molecule is CC(C)c1ncc(CNCC2(O)CCOCC2)s1. The van der Waals surface area contributed by atoms with Crippen LogP contribution in [0.3, 0.4) is 0 Å². The molecule has 0 bridgehead atoms. The topological polar surface area (TPSA) is 54.4 Å². The van der Waals surface area contributed by atoms with E-state index in [1.165, 1.54) is 9.88 Å². The summed E-state index contributed by atoms with van der Waals surface area (Å²) in [5.41, 5.74) is -0.593. The second-order valence-electron chi connectivity index (χ2n) is 5.26. The Morgan fingerprint density at radius 3 is 2.83 bits per heavy atom. The van der Waals surface area contributed by atoms with E-state index in [9.17, 15) is 5.11 Å². The fourth-order valence-electron chi connectivity index (χ4n) is 2.02. The summed E-state index contributed by atoms with van der Waals surface area (Å²) in [5.74, 6) is 0.489. The zero-order valence-corrected chi connectivity index (χ0v) is 11.9. The molecule has 0 unspecified atom stereocenters. The molecule has 5 heteroatoms. The quantitative estimate of drug-likeness (QED) is 0.858.